The summed E-state index contributed by atoms with van der Waals surface area (Å²) in [6, 6.07) is 6.29. The van der Waals surface area contributed by atoms with Gasteiger partial charge in [0, 0.05) is 0 Å². The number of nitrogens with zero attached hydrogens (tertiary/aromatic N) is 1. The van der Waals surface area contributed by atoms with Crippen molar-refractivity contribution in [2.45, 2.75) is 27.2 Å². The second kappa shape index (κ2) is 6.30. The Morgan fingerprint density at radius 2 is 1.78 bits per heavy atom. The van der Waals surface area contributed by atoms with Crippen LogP contribution in [0.1, 0.15) is 25.0 Å². The van der Waals surface area contributed by atoms with Crippen LogP contribution in [0.2, 0.25) is 0 Å². The van der Waals surface area contributed by atoms with Crippen molar-refractivity contribution in [1.82, 2.24) is 0 Å². The molecule has 0 aliphatic rings. The van der Waals surface area contributed by atoms with Crippen LogP contribution >= 0.6 is 0 Å². The van der Waals surface area contributed by atoms with E-state index in [2.05, 4.69) is 19.9 Å². The van der Waals surface area contributed by atoms with Gasteiger partial charge in [0.15, 0.2) is 0 Å². The average Bonchev–Trinajstić information content (AvgIpc) is 2.36. The van der Waals surface area contributed by atoms with Gasteiger partial charge in [-0.3, -0.25) is 0 Å². The number of nitriles is 1. The molecular weight excluding hydrogens is 226 g/mol. The van der Waals surface area contributed by atoms with Crippen molar-refractivity contribution >= 4 is 0 Å². The quantitative estimate of drug-likeness (QED) is 0.801. The van der Waals surface area contributed by atoms with Crippen molar-refractivity contribution in [1.29, 1.82) is 5.26 Å². The molecule has 0 saturated carbocycles. The molecule has 0 bridgehead atoms. The molecule has 0 radical (unpaired) electrons. The van der Waals surface area contributed by atoms with Crippen LogP contribution in [0, 0.1) is 30.1 Å². The topological polar surface area (TPSA) is 42.2 Å². The van der Waals surface area contributed by atoms with E-state index in [1.54, 1.807) is 14.2 Å². The first-order valence-electron chi connectivity index (χ1n) is 6.14. The molecule has 0 aromatic heterocycles. The number of ether oxygens (including phenoxy) is 2. The molecule has 1 rings (SSSR count). The molecule has 0 N–H and O–H groups in total. The minimum Gasteiger partial charge on any atom is -0.496 e. The molecule has 3 heteroatoms. The molecule has 0 amide bonds. The largest absolute Gasteiger partial charge is 0.496 e. The van der Waals surface area contributed by atoms with Crippen LogP contribution in [0.25, 0.3) is 0 Å². The lowest BCUT2D eigenvalue weighted by Gasteiger charge is -2.17. The predicted molar refractivity (Wildman–Crippen MR) is 71.9 cm³/mol. The highest BCUT2D eigenvalue weighted by molar-refractivity contribution is 5.46. The molecule has 0 saturated heterocycles. The third-order valence-electron chi connectivity index (χ3n) is 3.21. The molecule has 0 aliphatic carbocycles. The van der Waals surface area contributed by atoms with E-state index in [1.165, 1.54) is 0 Å². The van der Waals surface area contributed by atoms with Gasteiger partial charge < -0.3 is 9.47 Å². The summed E-state index contributed by atoms with van der Waals surface area (Å²) in [5.41, 5.74) is 2.07. The van der Waals surface area contributed by atoms with Gasteiger partial charge in [0.2, 0.25) is 0 Å². The van der Waals surface area contributed by atoms with Crippen molar-refractivity contribution < 1.29 is 9.47 Å². The van der Waals surface area contributed by atoms with Crippen molar-refractivity contribution in [3.8, 4) is 17.6 Å². The zero-order chi connectivity index (χ0) is 13.7. The molecule has 0 aliphatic heterocycles. The van der Waals surface area contributed by atoms with Crippen LogP contribution in [0.3, 0.4) is 0 Å². The molecule has 1 unspecified atom stereocenters. The Morgan fingerprint density at radius 1 is 1.17 bits per heavy atom. The van der Waals surface area contributed by atoms with Gasteiger partial charge in [-0.25, -0.2) is 0 Å². The summed E-state index contributed by atoms with van der Waals surface area (Å²) in [6.45, 7) is 6.10. The van der Waals surface area contributed by atoms with Crippen LogP contribution in [0.4, 0.5) is 0 Å². The van der Waals surface area contributed by atoms with E-state index in [1.807, 2.05) is 19.1 Å². The fraction of sp³-hybridized carbons (Fsp3) is 0.533. The summed E-state index contributed by atoms with van der Waals surface area (Å²) in [6.07, 6.45) is 0.688. The van der Waals surface area contributed by atoms with E-state index in [0.717, 1.165) is 22.6 Å². The van der Waals surface area contributed by atoms with Gasteiger partial charge in [-0.05, 0) is 42.5 Å². The Bertz CT molecular complexity index is 447. The van der Waals surface area contributed by atoms with Gasteiger partial charge in [0.1, 0.15) is 11.5 Å². The van der Waals surface area contributed by atoms with Crippen LogP contribution < -0.4 is 9.47 Å². The molecular formula is C15H21NO2. The normalized spacial score (nSPS) is 12.1. The lowest BCUT2D eigenvalue weighted by atomic mass is 9.90. The highest BCUT2D eigenvalue weighted by Gasteiger charge is 2.17. The minimum atomic E-state index is -0.00804. The Balaban J connectivity index is 3.10. The smallest absolute Gasteiger partial charge is 0.122 e. The Hall–Kier alpha value is -1.69. The number of hydrogen-bond donors (Lipinski definition) is 0. The molecule has 1 atom stereocenters. The standard InChI is InChI=1S/C15H21NO2/c1-10(2)13(9-16)7-12-8-14(17-4)11(3)6-15(12)18-5/h6,8,10,13H,7H2,1-5H3. The van der Waals surface area contributed by atoms with E-state index in [9.17, 15) is 5.26 Å². The van der Waals surface area contributed by atoms with Crippen molar-refractivity contribution in [3.05, 3.63) is 23.3 Å². The van der Waals surface area contributed by atoms with E-state index in [-0.39, 0.29) is 5.92 Å². The Morgan fingerprint density at radius 3 is 2.22 bits per heavy atom. The Labute approximate surface area is 109 Å². The molecule has 0 fully saturated rings. The summed E-state index contributed by atoms with van der Waals surface area (Å²) in [5.74, 6) is 1.98. The van der Waals surface area contributed by atoms with Gasteiger partial charge in [-0.15, -0.1) is 0 Å². The van der Waals surface area contributed by atoms with Gasteiger partial charge in [0.25, 0.3) is 0 Å². The molecule has 1 aromatic carbocycles. The molecule has 18 heavy (non-hydrogen) atoms. The zero-order valence-corrected chi connectivity index (χ0v) is 11.8. The van der Waals surface area contributed by atoms with E-state index < -0.39 is 0 Å². The maximum atomic E-state index is 9.18. The zero-order valence-electron chi connectivity index (χ0n) is 11.8. The highest BCUT2D eigenvalue weighted by atomic mass is 16.5. The fourth-order valence-electron chi connectivity index (χ4n) is 1.94. The van der Waals surface area contributed by atoms with Crippen LogP contribution in [0.15, 0.2) is 12.1 Å². The number of rotatable bonds is 5. The molecule has 0 heterocycles. The second-order valence-electron chi connectivity index (χ2n) is 4.82. The Kier molecular flexibility index (Phi) is 5.03. The van der Waals surface area contributed by atoms with E-state index >= 15 is 0 Å². The lowest BCUT2D eigenvalue weighted by molar-refractivity contribution is 0.389. The number of benzene rings is 1. The predicted octanol–water partition coefficient (Wildman–Crippen LogP) is 3.35. The van der Waals surface area contributed by atoms with E-state index in [4.69, 9.17) is 9.47 Å². The van der Waals surface area contributed by atoms with Crippen LogP contribution in [-0.2, 0) is 6.42 Å². The number of aryl methyl sites for hydroxylation is 1. The minimum absolute atomic E-state index is 0.00804. The van der Waals surface area contributed by atoms with Crippen LogP contribution in [0.5, 0.6) is 11.5 Å². The summed E-state index contributed by atoms with van der Waals surface area (Å²) >= 11 is 0. The van der Waals surface area contributed by atoms with Crippen LogP contribution in [-0.4, -0.2) is 14.2 Å². The van der Waals surface area contributed by atoms with E-state index in [0.29, 0.717) is 12.3 Å². The third-order valence-corrected chi connectivity index (χ3v) is 3.21. The molecule has 0 spiro atoms. The van der Waals surface area contributed by atoms with Crippen molar-refractivity contribution in [2.24, 2.45) is 11.8 Å². The molecule has 1 aromatic rings. The third kappa shape index (κ3) is 3.16. The summed E-state index contributed by atoms with van der Waals surface area (Å²) in [4.78, 5) is 0. The molecule has 3 nitrogen and oxygen atoms in total. The number of hydrogen-bond acceptors (Lipinski definition) is 3. The maximum Gasteiger partial charge on any atom is 0.122 e. The first-order valence-corrected chi connectivity index (χ1v) is 6.14. The first-order chi connectivity index (χ1) is 8.53. The summed E-state index contributed by atoms with van der Waals surface area (Å²) in [7, 11) is 3.31. The van der Waals surface area contributed by atoms with Gasteiger partial charge >= 0.3 is 0 Å². The SMILES string of the molecule is COc1cc(CC(C#N)C(C)C)c(OC)cc1C. The summed E-state index contributed by atoms with van der Waals surface area (Å²) in [5, 5.41) is 9.18. The average molecular weight is 247 g/mol. The lowest BCUT2D eigenvalue weighted by Crippen LogP contribution is -2.10. The maximum absolute atomic E-state index is 9.18. The highest BCUT2D eigenvalue weighted by Crippen LogP contribution is 2.31. The molecule has 98 valence electrons. The number of methoxy groups -OCH3 is 2. The second-order valence-corrected chi connectivity index (χ2v) is 4.82. The van der Waals surface area contributed by atoms with Gasteiger partial charge in [0.05, 0.1) is 26.2 Å². The fourth-order valence-corrected chi connectivity index (χ4v) is 1.94. The monoisotopic (exact) mass is 247 g/mol. The summed E-state index contributed by atoms with van der Waals surface area (Å²) < 4.78 is 10.7. The van der Waals surface area contributed by atoms with Gasteiger partial charge in [-0.2, -0.15) is 5.26 Å². The first kappa shape index (κ1) is 14.4. The van der Waals surface area contributed by atoms with Crippen molar-refractivity contribution in [2.75, 3.05) is 14.2 Å². The van der Waals surface area contributed by atoms with Gasteiger partial charge in [-0.1, -0.05) is 13.8 Å². The van der Waals surface area contributed by atoms with Crippen molar-refractivity contribution in [3.63, 3.8) is 0 Å².